The van der Waals surface area contributed by atoms with Crippen molar-refractivity contribution in [3.8, 4) is 23.0 Å². The van der Waals surface area contributed by atoms with E-state index in [1.54, 1.807) is 0 Å². The molecule has 0 aliphatic heterocycles. The molecule has 4 heteroatoms. The highest BCUT2D eigenvalue weighted by Gasteiger charge is 2.26. The summed E-state index contributed by atoms with van der Waals surface area (Å²) < 4.78 is 0. The highest BCUT2D eigenvalue weighted by molar-refractivity contribution is 5.51. The highest BCUT2D eigenvalue weighted by Crippen LogP contribution is 2.38. The third kappa shape index (κ3) is 7.41. The standard InChI is InChI=1S/C21H28O2.C19H24O2/c1-13-9-17(10-14(2)19(13)22)7-8-21(5,6)18-11-15(3)20(23)16(4)12-18;1-11-7-15(8-12(2)17(11)20)19(5,6)16-9-13(3)18(21)14(4)10-16/h9-12,22-23H,7-8H2,1-6H3;7-10,20-21H,1-6H3. The Kier molecular flexibility index (Phi) is 10.2. The minimum atomic E-state index is -0.188. The monoisotopic (exact) mass is 596 g/mol. The zero-order valence-electron chi connectivity index (χ0n) is 28.8. The Bertz CT molecular complexity index is 1520. The lowest BCUT2D eigenvalue weighted by Crippen LogP contribution is -2.19. The van der Waals surface area contributed by atoms with E-state index >= 15 is 0 Å². The van der Waals surface area contributed by atoms with Gasteiger partial charge in [-0.2, -0.15) is 0 Å². The minimum absolute atomic E-state index is 0.0307. The number of hydrogen-bond acceptors (Lipinski definition) is 4. The zero-order chi connectivity index (χ0) is 33.3. The van der Waals surface area contributed by atoms with E-state index in [2.05, 4.69) is 52.0 Å². The van der Waals surface area contributed by atoms with E-state index in [-0.39, 0.29) is 10.8 Å². The van der Waals surface area contributed by atoms with E-state index in [1.807, 2.05) is 79.7 Å². The first kappa shape index (κ1) is 34.6. The Labute approximate surface area is 265 Å². The molecule has 0 atom stereocenters. The zero-order valence-corrected chi connectivity index (χ0v) is 28.8. The molecule has 0 unspecified atom stereocenters. The summed E-state index contributed by atoms with van der Waals surface area (Å²) in [6.45, 7) is 24.3. The average molecular weight is 597 g/mol. The molecule has 236 valence electrons. The van der Waals surface area contributed by atoms with Crippen LogP contribution < -0.4 is 0 Å². The summed E-state index contributed by atoms with van der Waals surface area (Å²) in [6, 6.07) is 16.5. The summed E-state index contributed by atoms with van der Waals surface area (Å²) >= 11 is 0. The Balaban J connectivity index is 0.000000241. The molecule has 4 nitrogen and oxygen atoms in total. The van der Waals surface area contributed by atoms with Gasteiger partial charge in [0, 0.05) is 5.41 Å². The largest absolute Gasteiger partial charge is 0.507 e. The van der Waals surface area contributed by atoms with E-state index in [4.69, 9.17) is 0 Å². The number of rotatable bonds is 6. The number of aromatic hydroxyl groups is 4. The molecule has 0 heterocycles. The van der Waals surface area contributed by atoms with Gasteiger partial charge >= 0.3 is 0 Å². The van der Waals surface area contributed by atoms with E-state index in [0.717, 1.165) is 57.3 Å². The number of benzene rings is 4. The number of phenols is 4. The van der Waals surface area contributed by atoms with E-state index in [9.17, 15) is 20.4 Å². The third-order valence-corrected chi connectivity index (χ3v) is 9.29. The molecule has 0 saturated heterocycles. The van der Waals surface area contributed by atoms with Crippen LogP contribution in [0.15, 0.2) is 48.5 Å². The predicted octanol–water partition coefficient (Wildman–Crippen LogP) is 9.90. The third-order valence-electron chi connectivity index (χ3n) is 9.29. The molecule has 4 N–H and O–H groups in total. The van der Waals surface area contributed by atoms with Gasteiger partial charge in [0.25, 0.3) is 0 Å². The summed E-state index contributed by atoms with van der Waals surface area (Å²) in [5.41, 5.74) is 12.0. The molecule has 4 rings (SSSR count). The van der Waals surface area contributed by atoms with Crippen LogP contribution in [-0.4, -0.2) is 20.4 Å². The number of hydrogen-bond donors (Lipinski definition) is 4. The summed E-state index contributed by atoms with van der Waals surface area (Å²) in [7, 11) is 0. The van der Waals surface area contributed by atoms with Crippen molar-refractivity contribution in [2.45, 2.75) is 107 Å². The molecule has 0 aromatic heterocycles. The summed E-state index contributed by atoms with van der Waals surface area (Å²) in [5, 5.41) is 39.8. The maximum Gasteiger partial charge on any atom is 0.121 e. The first-order valence-corrected chi connectivity index (χ1v) is 15.5. The molecule has 0 aliphatic carbocycles. The van der Waals surface area contributed by atoms with Crippen molar-refractivity contribution in [2.24, 2.45) is 0 Å². The van der Waals surface area contributed by atoms with Crippen LogP contribution in [0.1, 0.15) is 101 Å². The van der Waals surface area contributed by atoms with Gasteiger partial charge in [-0.3, -0.25) is 0 Å². The van der Waals surface area contributed by atoms with Gasteiger partial charge < -0.3 is 20.4 Å². The van der Waals surface area contributed by atoms with Crippen molar-refractivity contribution in [1.29, 1.82) is 0 Å². The molecule has 0 spiro atoms. The van der Waals surface area contributed by atoms with Crippen molar-refractivity contribution in [3.63, 3.8) is 0 Å². The lowest BCUT2D eigenvalue weighted by atomic mass is 9.76. The number of phenolic OH excluding ortho intramolecular Hbond substituents is 4. The Hall–Kier alpha value is -3.92. The molecule has 44 heavy (non-hydrogen) atoms. The maximum absolute atomic E-state index is 9.97. The van der Waals surface area contributed by atoms with Crippen molar-refractivity contribution >= 4 is 0 Å². The SMILES string of the molecule is Cc1cc(C(C)(C)c2cc(C)c(O)c(C)c2)cc(C)c1O.Cc1cc(CCC(C)(C)c2cc(C)c(O)c(C)c2)cc(C)c1O. The molecule has 4 aromatic carbocycles. The van der Waals surface area contributed by atoms with E-state index in [1.165, 1.54) is 22.3 Å². The van der Waals surface area contributed by atoms with Gasteiger partial charge in [0.15, 0.2) is 0 Å². The van der Waals surface area contributed by atoms with Crippen LogP contribution in [0.2, 0.25) is 0 Å². The predicted molar refractivity (Wildman–Crippen MR) is 184 cm³/mol. The Morgan fingerprint density at radius 1 is 0.409 bits per heavy atom. The summed E-state index contributed by atoms with van der Waals surface area (Å²) in [6.07, 6.45) is 1.98. The fraction of sp³-hybridized carbons (Fsp3) is 0.400. The molecule has 0 radical (unpaired) electrons. The second-order valence-electron chi connectivity index (χ2n) is 14.0. The van der Waals surface area contributed by atoms with Crippen molar-refractivity contribution < 1.29 is 20.4 Å². The van der Waals surface area contributed by atoms with Gasteiger partial charge in [0.2, 0.25) is 0 Å². The summed E-state index contributed by atoms with van der Waals surface area (Å²) in [4.78, 5) is 0. The quantitative estimate of drug-likeness (QED) is 0.179. The van der Waals surface area contributed by atoms with Gasteiger partial charge in [0.05, 0.1) is 0 Å². The lowest BCUT2D eigenvalue weighted by molar-refractivity contribution is 0.457. The lowest BCUT2D eigenvalue weighted by Gasteiger charge is -2.28. The minimum Gasteiger partial charge on any atom is -0.507 e. The second kappa shape index (κ2) is 13.0. The van der Waals surface area contributed by atoms with E-state index in [0.29, 0.717) is 23.0 Å². The normalized spacial score (nSPS) is 11.7. The highest BCUT2D eigenvalue weighted by atomic mass is 16.3. The van der Waals surface area contributed by atoms with Gasteiger partial charge in [-0.25, -0.2) is 0 Å². The first-order chi connectivity index (χ1) is 20.3. The van der Waals surface area contributed by atoms with Gasteiger partial charge in [0.1, 0.15) is 23.0 Å². The first-order valence-electron chi connectivity index (χ1n) is 15.5. The Morgan fingerprint density at radius 2 is 0.659 bits per heavy atom. The van der Waals surface area contributed by atoms with Crippen LogP contribution in [0.4, 0.5) is 0 Å². The molecule has 0 saturated carbocycles. The van der Waals surface area contributed by atoms with Crippen LogP contribution in [-0.2, 0) is 17.3 Å². The molecular formula is C40H52O4. The topological polar surface area (TPSA) is 80.9 Å². The summed E-state index contributed by atoms with van der Waals surface area (Å²) in [5.74, 6) is 1.53. The average Bonchev–Trinajstić information content (AvgIpc) is 2.94. The maximum atomic E-state index is 9.97. The molecule has 0 amide bonds. The van der Waals surface area contributed by atoms with Gasteiger partial charge in [-0.05, 0) is 140 Å². The van der Waals surface area contributed by atoms with Crippen LogP contribution >= 0.6 is 0 Å². The van der Waals surface area contributed by atoms with Crippen molar-refractivity contribution in [1.82, 2.24) is 0 Å². The van der Waals surface area contributed by atoms with Crippen LogP contribution in [0, 0.1) is 55.4 Å². The Morgan fingerprint density at radius 3 is 0.955 bits per heavy atom. The number of aryl methyl sites for hydroxylation is 9. The molecule has 4 aromatic rings. The van der Waals surface area contributed by atoms with E-state index < -0.39 is 0 Å². The molecular weight excluding hydrogens is 544 g/mol. The fourth-order valence-corrected chi connectivity index (χ4v) is 5.94. The molecule has 0 aliphatic rings. The van der Waals surface area contributed by atoms with Crippen LogP contribution in [0.5, 0.6) is 23.0 Å². The van der Waals surface area contributed by atoms with Crippen molar-refractivity contribution in [2.75, 3.05) is 0 Å². The van der Waals surface area contributed by atoms with Crippen LogP contribution in [0.3, 0.4) is 0 Å². The fourth-order valence-electron chi connectivity index (χ4n) is 5.94. The van der Waals surface area contributed by atoms with Crippen molar-refractivity contribution in [3.05, 3.63) is 115 Å². The van der Waals surface area contributed by atoms with Gasteiger partial charge in [-0.15, -0.1) is 0 Å². The second-order valence-corrected chi connectivity index (χ2v) is 14.0. The van der Waals surface area contributed by atoms with Crippen LogP contribution in [0.25, 0.3) is 0 Å². The molecule has 0 fully saturated rings. The smallest absolute Gasteiger partial charge is 0.121 e. The van der Waals surface area contributed by atoms with Gasteiger partial charge in [-0.1, -0.05) is 76.2 Å². The molecule has 0 bridgehead atoms.